The number of para-hydroxylation sites is 1. The van der Waals surface area contributed by atoms with Crippen LogP contribution in [0.3, 0.4) is 0 Å². The van der Waals surface area contributed by atoms with Gasteiger partial charge in [-0.2, -0.15) is 0 Å². The number of hydrogen-bond acceptors (Lipinski definition) is 4. The standard InChI is InChI=1S/C18H16BrClN2O4/c1-11(17(24)22-15-5-3-2-4-14(15)20)26-16(23)10-21-18(25)12-6-8-13(19)9-7-12/h2-9,11H,10H2,1H3,(H,21,25)(H,22,24). The molecule has 2 rings (SSSR count). The second kappa shape index (κ2) is 9.35. The molecule has 0 saturated carbocycles. The molecule has 0 radical (unpaired) electrons. The average molecular weight is 440 g/mol. The summed E-state index contributed by atoms with van der Waals surface area (Å²) >= 11 is 9.23. The van der Waals surface area contributed by atoms with Gasteiger partial charge in [-0.3, -0.25) is 14.4 Å². The smallest absolute Gasteiger partial charge is 0.326 e. The van der Waals surface area contributed by atoms with Gasteiger partial charge >= 0.3 is 5.97 Å². The van der Waals surface area contributed by atoms with Gasteiger partial charge in [-0.1, -0.05) is 39.7 Å². The topological polar surface area (TPSA) is 84.5 Å². The van der Waals surface area contributed by atoms with Crippen LogP contribution in [0, 0.1) is 0 Å². The highest BCUT2D eigenvalue weighted by molar-refractivity contribution is 9.10. The lowest BCUT2D eigenvalue weighted by Gasteiger charge is -2.14. The van der Waals surface area contributed by atoms with Crippen LogP contribution in [-0.4, -0.2) is 30.4 Å². The minimum absolute atomic E-state index is 0.349. The maximum absolute atomic E-state index is 12.1. The normalized spacial score (nSPS) is 11.3. The second-order valence-electron chi connectivity index (χ2n) is 5.29. The van der Waals surface area contributed by atoms with Gasteiger partial charge < -0.3 is 15.4 Å². The van der Waals surface area contributed by atoms with Gasteiger partial charge in [-0.25, -0.2) is 0 Å². The van der Waals surface area contributed by atoms with E-state index in [1.54, 1.807) is 48.5 Å². The molecule has 136 valence electrons. The van der Waals surface area contributed by atoms with Gasteiger partial charge in [0.15, 0.2) is 6.10 Å². The first-order valence-corrected chi connectivity index (χ1v) is 8.82. The number of amides is 2. The Morgan fingerprint density at radius 3 is 2.42 bits per heavy atom. The predicted molar refractivity (Wildman–Crippen MR) is 102 cm³/mol. The number of carbonyl (C=O) groups excluding carboxylic acids is 3. The number of halogens is 2. The number of esters is 1. The lowest BCUT2D eigenvalue weighted by molar-refractivity contribution is -0.152. The predicted octanol–water partition coefficient (Wildman–Crippen LogP) is 3.40. The van der Waals surface area contributed by atoms with Crippen molar-refractivity contribution in [2.24, 2.45) is 0 Å². The molecule has 6 nitrogen and oxygen atoms in total. The van der Waals surface area contributed by atoms with E-state index in [1.807, 2.05) is 0 Å². The van der Waals surface area contributed by atoms with E-state index in [0.29, 0.717) is 16.3 Å². The van der Waals surface area contributed by atoms with Crippen molar-refractivity contribution in [1.82, 2.24) is 5.32 Å². The largest absolute Gasteiger partial charge is 0.451 e. The SMILES string of the molecule is CC(OC(=O)CNC(=O)c1ccc(Br)cc1)C(=O)Nc1ccccc1Cl. The van der Waals surface area contributed by atoms with Gasteiger partial charge in [0.25, 0.3) is 11.8 Å². The Morgan fingerprint density at radius 2 is 1.77 bits per heavy atom. The molecule has 8 heteroatoms. The van der Waals surface area contributed by atoms with Crippen molar-refractivity contribution in [3.05, 3.63) is 63.6 Å². The van der Waals surface area contributed by atoms with Gasteiger partial charge in [0.05, 0.1) is 10.7 Å². The second-order valence-corrected chi connectivity index (χ2v) is 6.61. The molecule has 2 aromatic rings. The minimum atomic E-state index is -1.04. The molecule has 2 amide bonds. The number of anilines is 1. The Balaban J connectivity index is 1.81. The summed E-state index contributed by atoms with van der Waals surface area (Å²) in [5.74, 6) is -1.66. The van der Waals surface area contributed by atoms with Crippen molar-refractivity contribution in [1.29, 1.82) is 0 Å². The van der Waals surface area contributed by atoms with Crippen LogP contribution in [0.15, 0.2) is 53.0 Å². The number of nitrogens with one attached hydrogen (secondary N) is 2. The third-order valence-corrected chi connectivity index (χ3v) is 4.17. The molecule has 0 bridgehead atoms. The van der Waals surface area contributed by atoms with E-state index < -0.39 is 23.9 Å². The Bertz CT molecular complexity index is 811. The summed E-state index contributed by atoms with van der Waals surface area (Å²) in [6.07, 6.45) is -1.04. The van der Waals surface area contributed by atoms with Gasteiger partial charge in [-0.05, 0) is 43.3 Å². The summed E-state index contributed by atoms with van der Waals surface area (Å²) < 4.78 is 5.85. The van der Waals surface area contributed by atoms with E-state index in [0.717, 1.165) is 4.47 Å². The molecule has 0 saturated heterocycles. The van der Waals surface area contributed by atoms with Gasteiger partial charge in [0, 0.05) is 10.0 Å². The Hall–Kier alpha value is -2.38. The number of carbonyl (C=O) groups is 3. The maximum atomic E-state index is 12.1. The number of ether oxygens (including phenoxy) is 1. The zero-order valence-electron chi connectivity index (χ0n) is 13.8. The molecule has 0 aliphatic carbocycles. The van der Waals surface area contributed by atoms with Crippen molar-refractivity contribution in [3.8, 4) is 0 Å². The fraction of sp³-hybridized carbons (Fsp3) is 0.167. The van der Waals surface area contributed by atoms with E-state index >= 15 is 0 Å². The Labute approximate surface area is 164 Å². The highest BCUT2D eigenvalue weighted by atomic mass is 79.9. The lowest BCUT2D eigenvalue weighted by Crippen LogP contribution is -2.35. The quantitative estimate of drug-likeness (QED) is 0.676. The highest BCUT2D eigenvalue weighted by Crippen LogP contribution is 2.20. The number of rotatable bonds is 6. The summed E-state index contributed by atoms with van der Waals surface area (Å²) in [5, 5.41) is 5.39. The summed E-state index contributed by atoms with van der Waals surface area (Å²) in [4.78, 5) is 35.8. The van der Waals surface area contributed by atoms with Crippen molar-refractivity contribution in [3.63, 3.8) is 0 Å². The maximum Gasteiger partial charge on any atom is 0.326 e. The van der Waals surface area contributed by atoms with Crippen LogP contribution in [-0.2, 0) is 14.3 Å². The first kappa shape index (κ1) is 19.9. The summed E-state index contributed by atoms with van der Waals surface area (Å²) in [6, 6.07) is 13.4. The Kier molecular flexibility index (Phi) is 7.17. The molecule has 0 aliphatic rings. The monoisotopic (exact) mass is 438 g/mol. The molecule has 2 N–H and O–H groups in total. The van der Waals surface area contributed by atoms with Crippen molar-refractivity contribution in [2.75, 3.05) is 11.9 Å². The fourth-order valence-electron chi connectivity index (χ4n) is 1.95. The van der Waals surface area contributed by atoms with Crippen LogP contribution < -0.4 is 10.6 Å². The van der Waals surface area contributed by atoms with Crippen molar-refractivity contribution in [2.45, 2.75) is 13.0 Å². The summed E-state index contributed by atoms with van der Waals surface area (Å²) in [7, 11) is 0. The molecule has 26 heavy (non-hydrogen) atoms. The van der Waals surface area contributed by atoms with Crippen molar-refractivity contribution < 1.29 is 19.1 Å². The van der Waals surface area contributed by atoms with Crippen LogP contribution in [0.1, 0.15) is 17.3 Å². The lowest BCUT2D eigenvalue weighted by atomic mass is 10.2. The van der Waals surface area contributed by atoms with E-state index in [4.69, 9.17) is 16.3 Å². The van der Waals surface area contributed by atoms with Crippen LogP contribution in [0.5, 0.6) is 0 Å². The van der Waals surface area contributed by atoms with Gasteiger partial charge in [-0.15, -0.1) is 0 Å². The average Bonchev–Trinajstić information content (AvgIpc) is 2.62. The molecule has 0 aliphatic heterocycles. The third-order valence-electron chi connectivity index (χ3n) is 3.31. The molecular weight excluding hydrogens is 424 g/mol. The molecule has 0 aromatic heterocycles. The molecule has 1 unspecified atom stereocenters. The Morgan fingerprint density at radius 1 is 1.12 bits per heavy atom. The fourth-order valence-corrected chi connectivity index (χ4v) is 2.39. The molecule has 0 spiro atoms. The van der Waals surface area contributed by atoms with Crippen LogP contribution in [0.4, 0.5) is 5.69 Å². The van der Waals surface area contributed by atoms with E-state index in [9.17, 15) is 14.4 Å². The van der Waals surface area contributed by atoms with Crippen LogP contribution >= 0.6 is 27.5 Å². The summed E-state index contributed by atoms with van der Waals surface area (Å²) in [5.41, 5.74) is 0.830. The van der Waals surface area contributed by atoms with E-state index in [1.165, 1.54) is 6.92 Å². The van der Waals surface area contributed by atoms with Crippen LogP contribution in [0.2, 0.25) is 5.02 Å². The van der Waals surface area contributed by atoms with Gasteiger partial charge in [0.2, 0.25) is 0 Å². The zero-order chi connectivity index (χ0) is 19.1. The highest BCUT2D eigenvalue weighted by Gasteiger charge is 2.19. The molecule has 1 atom stereocenters. The summed E-state index contributed by atoms with van der Waals surface area (Å²) in [6.45, 7) is 1.08. The molecule has 0 heterocycles. The number of benzene rings is 2. The molecule has 2 aromatic carbocycles. The van der Waals surface area contributed by atoms with Crippen LogP contribution in [0.25, 0.3) is 0 Å². The first-order chi connectivity index (χ1) is 12.4. The number of hydrogen-bond donors (Lipinski definition) is 2. The minimum Gasteiger partial charge on any atom is -0.451 e. The van der Waals surface area contributed by atoms with E-state index in [-0.39, 0.29) is 6.54 Å². The zero-order valence-corrected chi connectivity index (χ0v) is 16.1. The first-order valence-electron chi connectivity index (χ1n) is 7.65. The van der Waals surface area contributed by atoms with Gasteiger partial charge in [0.1, 0.15) is 6.54 Å². The molecular formula is C18H16BrClN2O4. The third kappa shape index (κ3) is 5.86. The van der Waals surface area contributed by atoms with E-state index in [2.05, 4.69) is 26.6 Å². The molecule has 0 fully saturated rings. The van der Waals surface area contributed by atoms with Crippen molar-refractivity contribution >= 4 is 51.0 Å².